The summed E-state index contributed by atoms with van der Waals surface area (Å²) in [5.41, 5.74) is 2.91. The highest BCUT2D eigenvalue weighted by Crippen LogP contribution is 2.19. The molecule has 2 unspecified atom stereocenters. The Morgan fingerprint density at radius 2 is 2.06 bits per heavy atom. The molecule has 4 heteroatoms. The second kappa shape index (κ2) is 7.82. The van der Waals surface area contributed by atoms with Gasteiger partial charge in [0.25, 0.3) is 0 Å². The van der Waals surface area contributed by atoms with Crippen molar-refractivity contribution in [3.8, 4) is 0 Å². The van der Waals surface area contributed by atoms with Crippen LogP contribution in [0.2, 0.25) is 0 Å². The number of hydrazine groups is 1. The molecule has 0 bridgehead atoms. The van der Waals surface area contributed by atoms with E-state index in [1.807, 2.05) is 11.3 Å². The van der Waals surface area contributed by atoms with Crippen LogP contribution in [-0.4, -0.2) is 19.3 Å². The normalized spacial score (nSPS) is 14.8. The van der Waals surface area contributed by atoms with Crippen molar-refractivity contribution < 1.29 is 4.74 Å². The highest BCUT2D eigenvalue weighted by atomic mass is 32.1. The first-order valence-electron chi connectivity index (χ1n) is 6.26. The van der Waals surface area contributed by atoms with E-state index in [0.29, 0.717) is 12.1 Å². The maximum atomic E-state index is 5.60. The molecule has 0 aliphatic heterocycles. The molecule has 17 heavy (non-hydrogen) atoms. The van der Waals surface area contributed by atoms with E-state index < -0.39 is 0 Å². The SMILES string of the molecule is CCc1ccc(CC(CCC(C)OC)NN)s1. The molecule has 0 fully saturated rings. The van der Waals surface area contributed by atoms with Gasteiger partial charge in [0.05, 0.1) is 6.10 Å². The van der Waals surface area contributed by atoms with Crippen LogP contribution < -0.4 is 11.3 Å². The highest BCUT2D eigenvalue weighted by Gasteiger charge is 2.11. The van der Waals surface area contributed by atoms with Crippen LogP contribution in [0.5, 0.6) is 0 Å². The maximum Gasteiger partial charge on any atom is 0.0543 e. The summed E-state index contributed by atoms with van der Waals surface area (Å²) >= 11 is 1.89. The number of nitrogens with two attached hydrogens (primary N) is 1. The van der Waals surface area contributed by atoms with Crippen LogP contribution in [0.25, 0.3) is 0 Å². The van der Waals surface area contributed by atoms with Crippen molar-refractivity contribution in [1.82, 2.24) is 5.43 Å². The standard InChI is InChI=1S/C13H24N2OS/c1-4-12-7-8-13(17-12)9-11(15-14)6-5-10(2)16-3/h7-8,10-11,15H,4-6,9,14H2,1-3H3. The largest absolute Gasteiger partial charge is 0.382 e. The topological polar surface area (TPSA) is 47.3 Å². The summed E-state index contributed by atoms with van der Waals surface area (Å²) in [6, 6.07) is 4.77. The first-order valence-corrected chi connectivity index (χ1v) is 7.07. The quantitative estimate of drug-likeness (QED) is 0.555. The first-order chi connectivity index (χ1) is 8.19. The van der Waals surface area contributed by atoms with Gasteiger partial charge in [0.2, 0.25) is 0 Å². The van der Waals surface area contributed by atoms with Crippen molar-refractivity contribution in [2.75, 3.05) is 7.11 Å². The summed E-state index contributed by atoms with van der Waals surface area (Å²) in [4.78, 5) is 2.86. The van der Waals surface area contributed by atoms with Gasteiger partial charge in [0.15, 0.2) is 0 Å². The lowest BCUT2D eigenvalue weighted by Gasteiger charge is -2.17. The van der Waals surface area contributed by atoms with E-state index in [-0.39, 0.29) is 0 Å². The van der Waals surface area contributed by atoms with Crippen LogP contribution in [0.4, 0.5) is 0 Å². The third-order valence-corrected chi connectivity index (χ3v) is 4.32. The molecular formula is C13H24N2OS. The fraction of sp³-hybridized carbons (Fsp3) is 0.692. The van der Waals surface area contributed by atoms with Crippen molar-refractivity contribution in [3.63, 3.8) is 0 Å². The second-order valence-electron chi connectivity index (χ2n) is 4.41. The molecule has 2 atom stereocenters. The predicted octanol–water partition coefficient (Wildman–Crippen LogP) is 2.50. The Morgan fingerprint density at radius 1 is 1.35 bits per heavy atom. The number of nitrogens with one attached hydrogen (secondary N) is 1. The zero-order chi connectivity index (χ0) is 12.7. The van der Waals surface area contributed by atoms with E-state index in [9.17, 15) is 0 Å². The number of methoxy groups -OCH3 is 1. The van der Waals surface area contributed by atoms with Gasteiger partial charge in [-0.2, -0.15) is 0 Å². The molecule has 0 aliphatic carbocycles. The molecule has 98 valence electrons. The molecule has 0 amide bonds. The van der Waals surface area contributed by atoms with Crippen LogP contribution in [0, 0.1) is 0 Å². The minimum atomic E-state index is 0.306. The van der Waals surface area contributed by atoms with E-state index in [1.54, 1.807) is 7.11 Å². The van der Waals surface area contributed by atoms with Crippen LogP contribution in [-0.2, 0) is 17.6 Å². The van der Waals surface area contributed by atoms with Crippen molar-refractivity contribution in [2.24, 2.45) is 5.84 Å². The number of ether oxygens (including phenoxy) is 1. The van der Waals surface area contributed by atoms with Gasteiger partial charge in [-0.15, -0.1) is 11.3 Å². The molecule has 0 saturated heterocycles. The first kappa shape index (κ1) is 14.6. The summed E-state index contributed by atoms with van der Waals surface area (Å²) in [5.74, 6) is 5.60. The Morgan fingerprint density at radius 3 is 2.59 bits per heavy atom. The molecular weight excluding hydrogens is 232 g/mol. The Kier molecular flexibility index (Phi) is 6.73. The van der Waals surface area contributed by atoms with Crippen LogP contribution in [0.1, 0.15) is 36.4 Å². The van der Waals surface area contributed by atoms with Gasteiger partial charge in [-0.25, -0.2) is 0 Å². The average molecular weight is 256 g/mol. The lowest BCUT2D eigenvalue weighted by atomic mass is 10.1. The monoisotopic (exact) mass is 256 g/mol. The Bertz CT molecular complexity index is 314. The van der Waals surface area contributed by atoms with Gasteiger partial charge < -0.3 is 4.74 Å². The Labute approximate surface area is 108 Å². The van der Waals surface area contributed by atoms with Gasteiger partial charge in [-0.1, -0.05) is 6.92 Å². The van der Waals surface area contributed by atoms with Crippen molar-refractivity contribution in [1.29, 1.82) is 0 Å². The number of thiophene rings is 1. The summed E-state index contributed by atoms with van der Waals surface area (Å²) < 4.78 is 5.25. The molecule has 3 N–H and O–H groups in total. The molecule has 1 aromatic heterocycles. The minimum Gasteiger partial charge on any atom is -0.382 e. The third kappa shape index (κ3) is 5.17. The van der Waals surface area contributed by atoms with Gasteiger partial charge in [0, 0.05) is 22.9 Å². The maximum absolute atomic E-state index is 5.60. The second-order valence-corrected chi connectivity index (χ2v) is 5.67. The summed E-state index contributed by atoms with van der Waals surface area (Å²) in [5, 5.41) is 0. The smallest absolute Gasteiger partial charge is 0.0543 e. The van der Waals surface area contributed by atoms with E-state index in [2.05, 4.69) is 31.4 Å². The summed E-state index contributed by atoms with van der Waals surface area (Å²) in [7, 11) is 1.75. The molecule has 0 radical (unpaired) electrons. The fourth-order valence-corrected chi connectivity index (χ4v) is 2.80. The zero-order valence-electron chi connectivity index (χ0n) is 11.0. The molecule has 0 saturated carbocycles. The average Bonchev–Trinajstić information content (AvgIpc) is 2.81. The van der Waals surface area contributed by atoms with Gasteiger partial charge in [-0.05, 0) is 44.7 Å². The van der Waals surface area contributed by atoms with Crippen LogP contribution >= 0.6 is 11.3 Å². The van der Waals surface area contributed by atoms with Gasteiger partial charge >= 0.3 is 0 Å². The van der Waals surface area contributed by atoms with Crippen LogP contribution in [0.3, 0.4) is 0 Å². The van der Waals surface area contributed by atoms with Crippen LogP contribution in [0.15, 0.2) is 12.1 Å². The van der Waals surface area contributed by atoms with Crippen molar-refractivity contribution in [3.05, 3.63) is 21.9 Å². The fourth-order valence-electron chi connectivity index (χ4n) is 1.76. The number of aryl methyl sites for hydroxylation is 1. The predicted molar refractivity (Wildman–Crippen MR) is 74.2 cm³/mol. The molecule has 0 aliphatic rings. The van der Waals surface area contributed by atoms with E-state index in [4.69, 9.17) is 10.6 Å². The lowest BCUT2D eigenvalue weighted by Crippen LogP contribution is -2.37. The van der Waals surface area contributed by atoms with Gasteiger partial charge in [0.1, 0.15) is 0 Å². The molecule has 0 spiro atoms. The molecule has 1 aromatic rings. The molecule has 1 rings (SSSR count). The summed E-state index contributed by atoms with van der Waals surface area (Å²) in [6.45, 7) is 4.28. The molecule has 1 heterocycles. The van der Waals surface area contributed by atoms with Crippen molar-refractivity contribution >= 4 is 11.3 Å². The van der Waals surface area contributed by atoms with Crippen molar-refractivity contribution in [2.45, 2.75) is 51.7 Å². The zero-order valence-corrected chi connectivity index (χ0v) is 11.8. The highest BCUT2D eigenvalue weighted by molar-refractivity contribution is 7.11. The number of hydrogen-bond acceptors (Lipinski definition) is 4. The van der Waals surface area contributed by atoms with Gasteiger partial charge in [-0.3, -0.25) is 11.3 Å². The van der Waals surface area contributed by atoms with E-state index >= 15 is 0 Å². The number of hydrogen-bond donors (Lipinski definition) is 2. The van der Waals surface area contributed by atoms with E-state index in [1.165, 1.54) is 9.75 Å². The Balaban J connectivity index is 2.40. The minimum absolute atomic E-state index is 0.306. The summed E-state index contributed by atoms with van der Waals surface area (Å²) in [6.07, 6.45) is 4.52. The Hall–Kier alpha value is -0.420. The van der Waals surface area contributed by atoms with E-state index in [0.717, 1.165) is 25.7 Å². The molecule has 0 aromatic carbocycles. The number of rotatable bonds is 8. The molecule has 3 nitrogen and oxygen atoms in total. The third-order valence-electron chi connectivity index (χ3n) is 3.07. The lowest BCUT2D eigenvalue weighted by molar-refractivity contribution is 0.106.